The molecule has 0 aliphatic carbocycles. The summed E-state index contributed by atoms with van der Waals surface area (Å²) in [4.78, 5) is 2.03. The summed E-state index contributed by atoms with van der Waals surface area (Å²) in [5.41, 5.74) is 0.161. The lowest BCUT2D eigenvalue weighted by atomic mass is 10.2. The molecule has 0 atom stereocenters. The van der Waals surface area contributed by atoms with Crippen molar-refractivity contribution in [2.24, 2.45) is 0 Å². The number of likely N-dealkylation sites (N-methyl/N-ethyl adjacent to an activating group) is 1. The Balaban J connectivity index is 2.78. The lowest BCUT2D eigenvalue weighted by Gasteiger charge is -2.14. The Bertz CT molecular complexity index is 534. The molecule has 0 bridgehead atoms. The van der Waals surface area contributed by atoms with Gasteiger partial charge in [0.05, 0.1) is 10.5 Å². The number of sulfonamides is 1. The van der Waals surface area contributed by atoms with Crippen LogP contribution in [0.3, 0.4) is 0 Å². The Hall–Kier alpha value is -1.42. The summed E-state index contributed by atoms with van der Waals surface area (Å²) in [6.45, 7) is 3.81. The maximum absolute atomic E-state index is 12.0. The molecule has 0 saturated carbocycles. The van der Waals surface area contributed by atoms with Crippen molar-refractivity contribution >= 4 is 10.0 Å². The van der Waals surface area contributed by atoms with Crippen LogP contribution in [-0.4, -0.2) is 40.0 Å². The van der Waals surface area contributed by atoms with Crippen molar-refractivity contribution in [2.75, 3.05) is 26.7 Å². The molecule has 1 aromatic rings. The zero-order chi connectivity index (χ0) is 13.6. The van der Waals surface area contributed by atoms with E-state index in [0.717, 1.165) is 6.54 Å². The van der Waals surface area contributed by atoms with Gasteiger partial charge < -0.3 is 4.90 Å². The van der Waals surface area contributed by atoms with Crippen molar-refractivity contribution in [1.82, 2.24) is 9.62 Å². The maximum Gasteiger partial charge on any atom is 0.241 e. The van der Waals surface area contributed by atoms with Crippen LogP contribution in [0.4, 0.5) is 0 Å². The van der Waals surface area contributed by atoms with Crippen molar-refractivity contribution < 1.29 is 8.42 Å². The zero-order valence-corrected chi connectivity index (χ0v) is 11.4. The Labute approximate surface area is 108 Å². The second-order valence-electron chi connectivity index (χ2n) is 3.90. The van der Waals surface area contributed by atoms with Crippen LogP contribution in [0, 0.1) is 11.3 Å². The molecular weight excluding hydrogens is 250 g/mol. The van der Waals surface area contributed by atoms with E-state index in [9.17, 15) is 8.42 Å². The first-order chi connectivity index (χ1) is 8.51. The molecule has 6 heteroatoms. The topological polar surface area (TPSA) is 73.2 Å². The average Bonchev–Trinajstić information content (AvgIpc) is 2.38. The van der Waals surface area contributed by atoms with Gasteiger partial charge in [-0.25, -0.2) is 13.1 Å². The molecular formula is C12H17N3O2S. The molecule has 5 nitrogen and oxygen atoms in total. The minimum absolute atomic E-state index is 0.0339. The summed E-state index contributed by atoms with van der Waals surface area (Å²) < 4.78 is 26.5. The molecule has 0 spiro atoms. The summed E-state index contributed by atoms with van der Waals surface area (Å²) in [6.07, 6.45) is 0. The van der Waals surface area contributed by atoms with Gasteiger partial charge in [-0.15, -0.1) is 0 Å². The monoisotopic (exact) mass is 267 g/mol. The van der Waals surface area contributed by atoms with Crippen LogP contribution >= 0.6 is 0 Å². The Morgan fingerprint density at radius 3 is 2.67 bits per heavy atom. The fourth-order valence-corrected chi connectivity index (χ4v) is 2.58. The highest BCUT2D eigenvalue weighted by Crippen LogP contribution is 2.13. The fraction of sp³-hybridized carbons (Fsp3) is 0.417. The predicted octanol–water partition coefficient (Wildman–Crippen LogP) is 0.788. The van der Waals surface area contributed by atoms with E-state index in [-0.39, 0.29) is 10.5 Å². The number of nitrogens with one attached hydrogen (secondary N) is 1. The number of nitriles is 1. The molecule has 0 aliphatic rings. The molecule has 98 valence electrons. The number of nitrogens with zero attached hydrogens (tertiary/aromatic N) is 2. The van der Waals surface area contributed by atoms with E-state index in [2.05, 4.69) is 4.72 Å². The molecule has 0 aromatic heterocycles. The zero-order valence-electron chi connectivity index (χ0n) is 10.5. The fourth-order valence-electron chi connectivity index (χ4n) is 1.40. The summed E-state index contributed by atoms with van der Waals surface area (Å²) in [6, 6.07) is 8.06. The molecule has 1 rings (SSSR count). The molecule has 18 heavy (non-hydrogen) atoms. The first-order valence-electron chi connectivity index (χ1n) is 5.68. The van der Waals surface area contributed by atoms with Gasteiger partial charge in [0.2, 0.25) is 10.0 Å². The van der Waals surface area contributed by atoms with E-state index < -0.39 is 10.0 Å². The van der Waals surface area contributed by atoms with Crippen LogP contribution in [0.2, 0.25) is 0 Å². The van der Waals surface area contributed by atoms with Crippen LogP contribution in [0.5, 0.6) is 0 Å². The van der Waals surface area contributed by atoms with Crippen LogP contribution < -0.4 is 4.72 Å². The maximum atomic E-state index is 12.0. The van der Waals surface area contributed by atoms with Crippen LogP contribution in [0.25, 0.3) is 0 Å². The van der Waals surface area contributed by atoms with Crippen molar-refractivity contribution in [3.8, 4) is 6.07 Å². The average molecular weight is 267 g/mol. The SMILES string of the molecule is CCN(C)CCNS(=O)(=O)c1ccccc1C#N. The molecule has 0 fully saturated rings. The highest BCUT2D eigenvalue weighted by atomic mass is 32.2. The van der Waals surface area contributed by atoms with E-state index >= 15 is 0 Å². The first-order valence-corrected chi connectivity index (χ1v) is 7.17. The summed E-state index contributed by atoms with van der Waals surface area (Å²) in [5, 5.41) is 8.88. The second kappa shape index (κ2) is 6.50. The smallest absolute Gasteiger partial charge is 0.241 e. The highest BCUT2D eigenvalue weighted by Gasteiger charge is 2.17. The van der Waals surface area contributed by atoms with Crippen LogP contribution in [0.1, 0.15) is 12.5 Å². The Morgan fingerprint density at radius 2 is 2.06 bits per heavy atom. The molecule has 0 radical (unpaired) electrons. The van der Waals surface area contributed by atoms with Gasteiger partial charge in [-0.3, -0.25) is 0 Å². The van der Waals surface area contributed by atoms with Gasteiger partial charge in [0.25, 0.3) is 0 Å². The number of hydrogen-bond acceptors (Lipinski definition) is 4. The first kappa shape index (κ1) is 14.6. The van der Waals surface area contributed by atoms with E-state index in [0.29, 0.717) is 13.1 Å². The minimum Gasteiger partial charge on any atom is -0.305 e. The van der Waals surface area contributed by atoms with Crippen molar-refractivity contribution in [3.05, 3.63) is 29.8 Å². The Kier molecular flexibility index (Phi) is 5.28. The lowest BCUT2D eigenvalue weighted by Crippen LogP contribution is -2.33. The minimum atomic E-state index is -3.61. The molecule has 1 N–H and O–H groups in total. The quantitative estimate of drug-likeness (QED) is 0.827. The highest BCUT2D eigenvalue weighted by molar-refractivity contribution is 7.89. The summed E-state index contributed by atoms with van der Waals surface area (Å²) in [5.74, 6) is 0. The lowest BCUT2D eigenvalue weighted by molar-refractivity contribution is 0.358. The number of benzene rings is 1. The van der Waals surface area contributed by atoms with Gasteiger partial charge in [-0.2, -0.15) is 5.26 Å². The number of hydrogen-bond donors (Lipinski definition) is 1. The standard InChI is InChI=1S/C12H17N3O2S/c1-3-15(2)9-8-14-18(16,17)12-7-5-4-6-11(12)10-13/h4-7,14H,3,8-9H2,1-2H3. The van der Waals surface area contributed by atoms with Crippen molar-refractivity contribution in [1.29, 1.82) is 5.26 Å². The third kappa shape index (κ3) is 3.81. The summed E-state index contributed by atoms with van der Waals surface area (Å²) >= 11 is 0. The molecule has 0 unspecified atom stereocenters. The molecule has 0 heterocycles. The van der Waals surface area contributed by atoms with Gasteiger partial charge in [-0.1, -0.05) is 19.1 Å². The second-order valence-corrected chi connectivity index (χ2v) is 5.64. The van der Waals surface area contributed by atoms with E-state index in [1.165, 1.54) is 12.1 Å². The normalized spacial score (nSPS) is 11.4. The van der Waals surface area contributed by atoms with Crippen molar-refractivity contribution in [3.63, 3.8) is 0 Å². The molecule has 0 amide bonds. The summed E-state index contributed by atoms with van der Waals surface area (Å²) in [7, 11) is -1.69. The van der Waals surface area contributed by atoms with Gasteiger partial charge in [-0.05, 0) is 25.7 Å². The van der Waals surface area contributed by atoms with Gasteiger partial charge in [0.1, 0.15) is 6.07 Å². The van der Waals surface area contributed by atoms with E-state index in [1.807, 2.05) is 24.9 Å². The number of rotatable bonds is 6. The predicted molar refractivity (Wildman–Crippen MR) is 69.5 cm³/mol. The van der Waals surface area contributed by atoms with Crippen LogP contribution in [-0.2, 0) is 10.0 Å². The van der Waals surface area contributed by atoms with E-state index in [1.54, 1.807) is 12.1 Å². The molecule has 0 aliphatic heterocycles. The van der Waals surface area contributed by atoms with Gasteiger partial charge in [0, 0.05) is 13.1 Å². The van der Waals surface area contributed by atoms with Crippen LogP contribution in [0.15, 0.2) is 29.2 Å². The van der Waals surface area contributed by atoms with Gasteiger partial charge in [0.15, 0.2) is 0 Å². The molecule has 0 saturated heterocycles. The van der Waals surface area contributed by atoms with Crippen molar-refractivity contribution in [2.45, 2.75) is 11.8 Å². The Morgan fingerprint density at radius 1 is 1.39 bits per heavy atom. The van der Waals surface area contributed by atoms with E-state index in [4.69, 9.17) is 5.26 Å². The third-order valence-corrected chi connectivity index (χ3v) is 4.14. The third-order valence-electron chi connectivity index (χ3n) is 2.62. The molecule has 1 aromatic carbocycles. The van der Waals surface area contributed by atoms with Gasteiger partial charge >= 0.3 is 0 Å². The largest absolute Gasteiger partial charge is 0.305 e.